The molecule has 6 heteroatoms. The molecule has 1 amide bonds. The van der Waals surface area contributed by atoms with Crippen LogP contribution in [0.4, 0.5) is 10.1 Å². The molecule has 2 aromatic rings. The highest BCUT2D eigenvalue weighted by Crippen LogP contribution is 2.32. The molecule has 1 N–H and O–H groups in total. The molecule has 106 valence electrons. The van der Waals surface area contributed by atoms with Gasteiger partial charge in [-0.3, -0.25) is 4.79 Å². The van der Waals surface area contributed by atoms with Gasteiger partial charge >= 0.3 is 0 Å². The molecule has 3 nitrogen and oxygen atoms in total. The number of nitrogens with one attached hydrogen (secondary N) is 1. The molecular weight excluding hydrogens is 349 g/mol. The van der Waals surface area contributed by atoms with Gasteiger partial charge in [-0.1, -0.05) is 11.6 Å². The molecule has 1 aromatic carbocycles. The summed E-state index contributed by atoms with van der Waals surface area (Å²) in [5.74, 6) is 0.404. The van der Waals surface area contributed by atoms with Crippen molar-refractivity contribution in [2.75, 3.05) is 5.32 Å². The highest BCUT2D eigenvalue weighted by atomic mass is 79.9. The number of hydrogen-bond donors (Lipinski definition) is 1. The van der Waals surface area contributed by atoms with Crippen molar-refractivity contribution in [2.45, 2.75) is 20.8 Å². The summed E-state index contributed by atoms with van der Waals surface area (Å²) in [6, 6.07) is 2.38. The number of hydrogen-bond acceptors (Lipinski definition) is 2. The minimum atomic E-state index is -0.480. The largest absolute Gasteiger partial charge is 0.466 e. The van der Waals surface area contributed by atoms with Crippen LogP contribution in [0.2, 0.25) is 5.02 Å². The van der Waals surface area contributed by atoms with Gasteiger partial charge in [-0.2, -0.15) is 0 Å². The Bertz CT molecular complexity index is 674. The smallest absolute Gasteiger partial charge is 0.259 e. The van der Waals surface area contributed by atoms with Crippen LogP contribution < -0.4 is 5.32 Å². The third-order valence-corrected chi connectivity index (χ3v) is 3.96. The minimum Gasteiger partial charge on any atom is -0.466 e. The fraction of sp³-hybridized carbons (Fsp3) is 0.214. The molecule has 0 fully saturated rings. The van der Waals surface area contributed by atoms with Crippen LogP contribution in [0.3, 0.4) is 0 Å². The zero-order valence-electron chi connectivity index (χ0n) is 11.1. The third-order valence-electron chi connectivity index (χ3n) is 3.03. The fourth-order valence-electron chi connectivity index (χ4n) is 1.97. The van der Waals surface area contributed by atoms with E-state index in [2.05, 4.69) is 21.2 Å². The van der Waals surface area contributed by atoms with Gasteiger partial charge in [0.1, 0.15) is 17.3 Å². The van der Waals surface area contributed by atoms with Crippen molar-refractivity contribution in [3.8, 4) is 0 Å². The van der Waals surface area contributed by atoms with E-state index in [9.17, 15) is 9.18 Å². The summed E-state index contributed by atoms with van der Waals surface area (Å²) in [6.07, 6.45) is 0. The maximum absolute atomic E-state index is 13.2. The molecule has 1 aromatic heterocycles. The van der Waals surface area contributed by atoms with Crippen molar-refractivity contribution in [3.63, 3.8) is 0 Å². The van der Waals surface area contributed by atoms with Crippen LogP contribution in [-0.2, 0) is 0 Å². The quantitative estimate of drug-likeness (QED) is 0.818. The van der Waals surface area contributed by atoms with E-state index >= 15 is 0 Å². The predicted molar refractivity (Wildman–Crippen MR) is 80.0 cm³/mol. The van der Waals surface area contributed by atoms with Crippen molar-refractivity contribution in [2.24, 2.45) is 0 Å². The Kier molecular flexibility index (Phi) is 4.20. The van der Waals surface area contributed by atoms with Gasteiger partial charge in [-0.25, -0.2) is 4.39 Å². The molecule has 0 aliphatic carbocycles. The number of benzene rings is 1. The molecule has 0 aliphatic rings. The molecule has 0 atom stereocenters. The van der Waals surface area contributed by atoms with Crippen LogP contribution >= 0.6 is 27.5 Å². The predicted octanol–water partition coefficient (Wildman–Crippen LogP) is 5.01. The van der Waals surface area contributed by atoms with Gasteiger partial charge in [0.25, 0.3) is 5.91 Å². The molecule has 20 heavy (non-hydrogen) atoms. The zero-order valence-corrected chi connectivity index (χ0v) is 13.4. The zero-order chi connectivity index (χ0) is 15.0. The Morgan fingerprint density at radius 2 is 1.95 bits per heavy atom. The maximum Gasteiger partial charge on any atom is 0.259 e. The fourth-order valence-corrected chi connectivity index (χ4v) is 2.86. The molecular formula is C14H12BrClFNO2. The number of aryl methyl sites for hydroxylation is 2. The number of amides is 1. The van der Waals surface area contributed by atoms with E-state index in [0.29, 0.717) is 27.2 Å². The second-order valence-corrected chi connectivity index (χ2v) is 5.67. The molecule has 0 unspecified atom stereocenters. The van der Waals surface area contributed by atoms with Gasteiger partial charge in [0.2, 0.25) is 0 Å². The van der Waals surface area contributed by atoms with Gasteiger partial charge < -0.3 is 9.73 Å². The van der Waals surface area contributed by atoms with Crippen LogP contribution in [0.25, 0.3) is 0 Å². The lowest BCUT2D eigenvalue weighted by atomic mass is 10.1. The Balaban J connectivity index is 2.38. The summed E-state index contributed by atoms with van der Waals surface area (Å²) in [4.78, 5) is 12.3. The van der Waals surface area contributed by atoms with Crippen molar-refractivity contribution in [1.29, 1.82) is 0 Å². The van der Waals surface area contributed by atoms with Crippen LogP contribution in [0, 0.1) is 26.6 Å². The summed E-state index contributed by atoms with van der Waals surface area (Å²) in [7, 11) is 0. The molecule has 0 bridgehead atoms. The summed E-state index contributed by atoms with van der Waals surface area (Å²) < 4.78 is 19.0. The number of furan rings is 1. The van der Waals surface area contributed by atoms with Gasteiger partial charge in [-0.05, 0) is 48.8 Å². The first-order valence-electron chi connectivity index (χ1n) is 5.83. The number of rotatable bonds is 2. The van der Waals surface area contributed by atoms with E-state index in [1.54, 1.807) is 13.8 Å². The van der Waals surface area contributed by atoms with Crippen molar-refractivity contribution < 1.29 is 13.6 Å². The first-order chi connectivity index (χ1) is 9.31. The van der Waals surface area contributed by atoms with Crippen molar-refractivity contribution in [1.82, 2.24) is 0 Å². The molecule has 2 rings (SSSR count). The average Bonchev–Trinajstić information content (AvgIpc) is 2.58. The summed E-state index contributed by atoms with van der Waals surface area (Å²) in [5.41, 5.74) is 1.57. The molecule has 0 radical (unpaired) electrons. The van der Waals surface area contributed by atoms with E-state index in [1.165, 1.54) is 6.07 Å². The maximum atomic E-state index is 13.2. The topological polar surface area (TPSA) is 42.2 Å². The molecule has 0 saturated carbocycles. The van der Waals surface area contributed by atoms with Crippen LogP contribution in [-0.4, -0.2) is 5.91 Å². The average molecular weight is 361 g/mol. The Hall–Kier alpha value is -1.33. The SMILES string of the molecule is Cc1oc(C)c(C(=O)Nc2c(Cl)cc(F)cc2Br)c1C. The lowest BCUT2D eigenvalue weighted by Crippen LogP contribution is -2.14. The van der Waals surface area contributed by atoms with Crippen molar-refractivity contribution >= 4 is 39.1 Å². The van der Waals surface area contributed by atoms with Crippen LogP contribution in [0.15, 0.2) is 21.0 Å². The highest BCUT2D eigenvalue weighted by Gasteiger charge is 2.20. The standard InChI is InChI=1S/C14H12BrClFNO2/c1-6-7(2)20-8(3)12(6)14(19)18-13-10(15)4-9(17)5-11(13)16/h4-5H,1-3H3,(H,18,19). The van der Waals surface area contributed by atoms with Crippen molar-refractivity contribution in [3.05, 3.63) is 50.1 Å². The van der Waals surface area contributed by atoms with Gasteiger partial charge in [-0.15, -0.1) is 0 Å². The van der Waals surface area contributed by atoms with E-state index < -0.39 is 5.82 Å². The Labute approximate surface area is 129 Å². The Morgan fingerprint density at radius 3 is 2.45 bits per heavy atom. The van der Waals surface area contributed by atoms with Gasteiger partial charge in [0.05, 0.1) is 16.3 Å². The number of carbonyl (C=O) groups excluding carboxylic acids is 1. The van der Waals surface area contributed by atoms with Gasteiger partial charge in [0, 0.05) is 10.0 Å². The molecule has 0 spiro atoms. The third kappa shape index (κ3) is 2.74. The van der Waals surface area contributed by atoms with E-state index in [1.807, 2.05) is 6.92 Å². The summed E-state index contributed by atoms with van der Waals surface area (Å²) >= 11 is 9.12. The monoisotopic (exact) mass is 359 g/mol. The number of halogens is 3. The highest BCUT2D eigenvalue weighted by molar-refractivity contribution is 9.10. The van der Waals surface area contributed by atoms with E-state index in [-0.39, 0.29) is 10.9 Å². The Morgan fingerprint density at radius 1 is 1.30 bits per heavy atom. The molecule has 0 aliphatic heterocycles. The van der Waals surface area contributed by atoms with Gasteiger partial charge in [0.15, 0.2) is 0 Å². The lowest BCUT2D eigenvalue weighted by Gasteiger charge is -2.10. The second kappa shape index (κ2) is 5.58. The first kappa shape index (κ1) is 15.1. The first-order valence-corrected chi connectivity index (χ1v) is 7.00. The van der Waals surface area contributed by atoms with Crippen LogP contribution in [0.5, 0.6) is 0 Å². The number of carbonyl (C=O) groups is 1. The summed E-state index contributed by atoms with van der Waals surface area (Å²) in [6.45, 7) is 5.32. The van der Waals surface area contributed by atoms with E-state index in [4.69, 9.17) is 16.0 Å². The van der Waals surface area contributed by atoms with Crippen LogP contribution in [0.1, 0.15) is 27.4 Å². The molecule has 0 saturated heterocycles. The normalized spacial score (nSPS) is 10.7. The number of anilines is 1. The second-order valence-electron chi connectivity index (χ2n) is 4.41. The molecule has 1 heterocycles. The summed E-state index contributed by atoms with van der Waals surface area (Å²) in [5, 5.41) is 2.80. The lowest BCUT2D eigenvalue weighted by molar-refractivity contribution is 0.102. The minimum absolute atomic E-state index is 0.126. The van der Waals surface area contributed by atoms with E-state index in [0.717, 1.165) is 11.6 Å².